The SMILES string of the molecule is CCCC[C@H](CC)C(=O)Nc1cccc(Cl)c1. The van der Waals surface area contributed by atoms with Gasteiger partial charge >= 0.3 is 0 Å². The van der Waals surface area contributed by atoms with Crippen LogP contribution in [0.5, 0.6) is 0 Å². The van der Waals surface area contributed by atoms with E-state index in [9.17, 15) is 4.79 Å². The van der Waals surface area contributed by atoms with Crippen molar-refractivity contribution >= 4 is 23.2 Å². The van der Waals surface area contributed by atoms with Crippen molar-refractivity contribution in [3.63, 3.8) is 0 Å². The average Bonchev–Trinajstić information content (AvgIpc) is 2.30. The standard InChI is InChI=1S/C14H20ClNO/c1-3-5-7-11(4-2)14(17)16-13-9-6-8-12(15)10-13/h6,8-11H,3-5,7H2,1-2H3,(H,16,17)/t11-/m0/s1. The zero-order valence-electron chi connectivity index (χ0n) is 10.5. The Kier molecular flexibility index (Phi) is 6.06. The lowest BCUT2D eigenvalue weighted by Crippen LogP contribution is -2.22. The number of benzene rings is 1. The monoisotopic (exact) mass is 253 g/mol. The number of rotatable bonds is 6. The summed E-state index contributed by atoms with van der Waals surface area (Å²) >= 11 is 5.87. The lowest BCUT2D eigenvalue weighted by Gasteiger charge is -2.14. The fraction of sp³-hybridized carbons (Fsp3) is 0.500. The van der Waals surface area contributed by atoms with Crippen LogP contribution in [0.1, 0.15) is 39.5 Å². The van der Waals surface area contributed by atoms with Gasteiger partial charge in [-0.25, -0.2) is 0 Å². The molecule has 1 amide bonds. The molecule has 2 nitrogen and oxygen atoms in total. The van der Waals surface area contributed by atoms with Gasteiger partial charge in [-0.3, -0.25) is 4.79 Å². The maximum atomic E-state index is 12.0. The molecule has 0 bridgehead atoms. The van der Waals surface area contributed by atoms with Crippen LogP contribution in [0.3, 0.4) is 0 Å². The lowest BCUT2D eigenvalue weighted by atomic mass is 9.98. The summed E-state index contributed by atoms with van der Waals surface area (Å²) in [5.74, 6) is 0.206. The summed E-state index contributed by atoms with van der Waals surface area (Å²) < 4.78 is 0. The molecule has 0 heterocycles. The maximum Gasteiger partial charge on any atom is 0.227 e. The number of hydrogen-bond acceptors (Lipinski definition) is 1. The molecule has 1 aromatic carbocycles. The Bertz CT molecular complexity index is 365. The van der Waals surface area contributed by atoms with Crippen LogP contribution in [0.2, 0.25) is 5.02 Å². The minimum atomic E-state index is 0.100. The summed E-state index contributed by atoms with van der Waals surface area (Å²) in [6.45, 7) is 4.19. The molecule has 1 aromatic rings. The van der Waals surface area contributed by atoms with E-state index in [0.717, 1.165) is 31.4 Å². The first-order chi connectivity index (χ1) is 8.17. The highest BCUT2D eigenvalue weighted by Crippen LogP contribution is 2.18. The lowest BCUT2D eigenvalue weighted by molar-refractivity contribution is -0.120. The van der Waals surface area contributed by atoms with Crippen LogP contribution in [0.25, 0.3) is 0 Å². The Hall–Kier alpha value is -1.02. The van der Waals surface area contributed by atoms with Crippen molar-refractivity contribution in [2.75, 3.05) is 5.32 Å². The molecule has 0 unspecified atom stereocenters. The van der Waals surface area contributed by atoms with Crippen LogP contribution in [0.4, 0.5) is 5.69 Å². The van der Waals surface area contributed by atoms with E-state index < -0.39 is 0 Å². The fourth-order valence-electron chi connectivity index (χ4n) is 1.78. The van der Waals surface area contributed by atoms with Crippen LogP contribution in [0, 0.1) is 5.92 Å². The highest BCUT2D eigenvalue weighted by atomic mass is 35.5. The Balaban J connectivity index is 2.57. The van der Waals surface area contributed by atoms with Gasteiger partial charge < -0.3 is 5.32 Å². The molecule has 0 aromatic heterocycles. The molecule has 0 saturated heterocycles. The quantitative estimate of drug-likeness (QED) is 0.795. The average molecular weight is 254 g/mol. The summed E-state index contributed by atoms with van der Waals surface area (Å²) in [6.07, 6.45) is 4.06. The normalized spacial score (nSPS) is 12.2. The number of anilines is 1. The summed E-state index contributed by atoms with van der Waals surface area (Å²) in [6, 6.07) is 7.26. The van der Waals surface area contributed by atoms with E-state index in [4.69, 9.17) is 11.6 Å². The topological polar surface area (TPSA) is 29.1 Å². The van der Waals surface area contributed by atoms with Gasteiger partial charge in [0.25, 0.3) is 0 Å². The minimum absolute atomic E-state index is 0.100. The largest absolute Gasteiger partial charge is 0.326 e. The van der Waals surface area contributed by atoms with E-state index in [-0.39, 0.29) is 11.8 Å². The molecule has 1 N–H and O–H groups in total. The summed E-state index contributed by atoms with van der Waals surface area (Å²) in [7, 11) is 0. The molecule has 3 heteroatoms. The van der Waals surface area contributed by atoms with Gasteiger partial charge in [0.2, 0.25) is 5.91 Å². The van der Waals surface area contributed by atoms with Gasteiger partial charge in [-0.15, -0.1) is 0 Å². The molecule has 94 valence electrons. The molecule has 0 aliphatic rings. The van der Waals surface area contributed by atoms with E-state index in [1.165, 1.54) is 0 Å². The van der Waals surface area contributed by atoms with Gasteiger partial charge in [0.15, 0.2) is 0 Å². The van der Waals surface area contributed by atoms with Crippen molar-refractivity contribution in [2.45, 2.75) is 39.5 Å². The molecular formula is C14H20ClNO. The number of hydrogen-bond donors (Lipinski definition) is 1. The first kappa shape index (κ1) is 14.0. The Morgan fingerprint density at radius 3 is 2.76 bits per heavy atom. The second-order valence-corrected chi connectivity index (χ2v) is 4.68. The molecule has 17 heavy (non-hydrogen) atoms. The van der Waals surface area contributed by atoms with E-state index in [1.807, 2.05) is 12.1 Å². The summed E-state index contributed by atoms with van der Waals surface area (Å²) in [5.41, 5.74) is 0.775. The highest BCUT2D eigenvalue weighted by molar-refractivity contribution is 6.30. The van der Waals surface area contributed by atoms with Crippen molar-refractivity contribution in [1.82, 2.24) is 0 Å². The molecule has 1 atom stereocenters. The van der Waals surface area contributed by atoms with Crippen molar-refractivity contribution in [3.05, 3.63) is 29.3 Å². The van der Waals surface area contributed by atoms with Crippen molar-refractivity contribution in [3.8, 4) is 0 Å². The first-order valence-electron chi connectivity index (χ1n) is 6.23. The van der Waals surface area contributed by atoms with Crippen molar-refractivity contribution in [1.29, 1.82) is 0 Å². The number of carbonyl (C=O) groups is 1. The van der Waals surface area contributed by atoms with E-state index in [2.05, 4.69) is 19.2 Å². The molecule has 1 rings (SSSR count). The number of halogens is 1. The molecule has 0 aliphatic heterocycles. The van der Waals surface area contributed by atoms with Gasteiger partial charge in [0.1, 0.15) is 0 Å². The highest BCUT2D eigenvalue weighted by Gasteiger charge is 2.15. The third kappa shape index (κ3) is 4.78. The summed E-state index contributed by atoms with van der Waals surface area (Å²) in [5, 5.41) is 3.56. The third-order valence-electron chi connectivity index (χ3n) is 2.86. The van der Waals surface area contributed by atoms with E-state index in [1.54, 1.807) is 12.1 Å². The van der Waals surface area contributed by atoms with Crippen LogP contribution in [0.15, 0.2) is 24.3 Å². The maximum absolute atomic E-state index is 12.0. The van der Waals surface area contributed by atoms with Gasteiger partial charge in [0.05, 0.1) is 0 Å². The smallest absolute Gasteiger partial charge is 0.227 e. The predicted octanol–water partition coefficient (Wildman–Crippen LogP) is 4.49. The third-order valence-corrected chi connectivity index (χ3v) is 3.10. The van der Waals surface area contributed by atoms with Crippen LogP contribution < -0.4 is 5.32 Å². The van der Waals surface area contributed by atoms with Crippen molar-refractivity contribution < 1.29 is 4.79 Å². The van der Waals surface area contributed by atoms with E-state index in [0.29, 0.717) is 5.02 Å². The molecule has 0 spiro atoms. The Labute approximate surface area is 108 Å². The molecular weight excluding hydrogens is 234 g/mol. The predicted molar refractivity (Wildman–Crippen MR) is 73.4 cm³/mol. The molecule has 0 saturated carbocycles. The first-order valence-corrected chi connectivity index (χ1v) is 6.61. The van der Waals surface area contributed by atoms with Crippen LogP contribution in [-0.4, -0.2) is 5.91 Å². The zero-order chi connectivity index (χ0) is 12.7. The number of unbranched alkanes of at least 4 members (excludes halogenated alkanes) is 1. The molecule has 0 fully saturated rings. The summed E-state index contributed by atoms with van der Waals surface area (Å²) in [4.78, 5) is 12.0. The number of nitrogens with one attached hydrogen (secondary N) is 1. The Morgan fingerprint density at radius 2 is 2.18 bits per heavy atom. The fourth-order valence-corrected chi connectivity index (χ4v) is 1.97. The van der Waals surface area contributed by atoms with Gasteiger partial charge in [0, 0.05) is 16.6 Å². The molecule has 0 aliphatic carbocycles. The number of carbonyl (C=O) groups excluding carboxylic acids is 1. The van der Waals surface area contributed by atoms with Crippen molar-refractivity contribution in [2.24, 2.45) is 5.92 Å². The minimum Gasteiger partial charge on any atom is -0.326 e. The number of amides is 1. The zero-order valence-corrected chi connectivity index (χ0v) is 11.3. The van der Waals surface area contributed by atoms with Gasteiger partial charge in [-0.2, -0.15) is 0 Å². The van der Waals surface area contributed by atoms with Crippen LogP contribution >= 0.6 is 11.6 Å². The van der Waals surface area contributed by atoms with E-state index >= 15 is 0 Å². The van der Waals surface area contributed by atoms with Gasteiger partial charge in [-0.1, -0.05) is 44.4 Å². The van der Waals surface area contributed by atoms with Gasteiger partial charge in [-0.05, 0) is 31.0 Å². The second kappa shape index (κ2) is 7.33. The second-order valence-electron chi connectivity index (χ2n) is 4.25. The Morgan fingerprint density at radius 1 is 1.41 bits per heavy atom. The molecule has 0 radical (unpaired) electrons. The van der Waals surface area contributed by atoms with Crippen LogP contribution in [-0.2, 0) is 4.79 Å².